The molecule has 0 spiro atoms. The van der Waals surface area contributed by atoms with Crippen LogP contribution in [0, 0.1) is 6.92 Å². The molecule has 1 aliphatic rings. The molecule has 0 unspecified atom stereocenters. The molecule has 124 valence electrons. The highest BCUT2D eigenvalue weighted by Crippen LogP contribution is 2.22. The van der Waals surface area contributed by atoms with Gasteiger partial charge < -0.3 is 9.47 Å². The van der Waals surface area contributed by atoms with Crippen molar-refractivity contribution in [2.75, 3.05) is 13.1 Å². The smallest absolute Gasteiger partial charge is 0.250 e. The van der Waals surface area contributed by atoms with E-state index in [1.165, 1.54) is 17.2 Å². The van der Waals surface area contributed by atoms with Crippen LogP contribution in [0.4, 0.5) is 0 Å². The number of aryl methyl sites for hydroxylation is 1. The van der Waals surface area contributed by atoms with Crippen molar-refractivity contribution in [2.24, 2.45) is 0 Å². The highest BCUT2D eigenvalue weighted by molar-refractivity contribution is 5.78. The molecule has 3 rings (SSSR count). The van der Waals surface area contributed by atoms with Crippen molar-refractivity contribution in [1.29, 1.82) is 0 Å². The topological polar surface area (TPSA) is 42.3 Å². The van der Waals surface area contributed by atoms with Crippen molar-refractivity contribution in [3.8, 4) is 0 Å². The van der Waals surface area contributed by atoms with Crippen LogP contribution >= 0.6 is 0 Å². The number of benzene rings is 1. The van der Waals surface area contributed by atoms with Gasteiger partial charge in [-0.3, -0.25) is 9.59 Å². The molecule has 4 heteroatoms. The van der Waals surface area contributed by atoms with Crippen molar-refractivity contribution >= 4 is 11.5 Å². The number of carbonyl (C=O) groups is 1. The van der Waals surface area contributed by atoms with Gasteiger partial charge in [-0.2, -0.15) is 0 Å². The number of rotatable bonds is 4. The van der Waals surface area contributed by atoms with Gasteiger partial charge in [-0.25, -0.2) is 0 Å². The maximum atomic E-state index is 12.4. The van der Waals surface area contributed by atoms with E-state index in [0.29, 0.717) is 19.5 Å². The fourth-order valence-electron chi connectivity index (χ4n) is 3.09. The average Bonchev–Trinajstić information content (AvgIpc) is 2.62. The molecule has 4 nitrogen and oxygen atoms in total. The largest absolute Gasteiger partial charge is 0.339 e. The number of aromatic nitrogens is 1. The van der Waals surface area contributed by atoms with E-state index >= 15 is 0 Å². The van der Waals surface area contributed by atoms with Crippen LogP contribution in [0.3, 0.4) is 0 Å². The molecule has 2 heterocycles. The molecule has 0 atom stereocenters. The predicted molar refractivity (Wildman–Crippen MR) is 95.7 cm³/mol. The van der Waals surface area contributed by atoms with Gasteiger partial charge in [0.25, 0.3) is 5.56 Å². The minimum absolute atomic E-state index is 0.0484. The van der Waals surface area contributed by atoms with Crippen LogP contribution in [0.15, 0.2) is 59.4 Å². The van der Waals surface area contributed by atoms with Crippen molar-refractivity contribution in [1.82, 2.24) is 9.47 Å². The van der Waals surface area contributed by atoms with Gasteiger partial charge in [-0.15, -0.1) is 0 Å². The molecule has 0 saturated heterocycles. The van der Waals surface area contributed by atoms with Crippen LogP contribution < -0.4 is 5.56 Å². The lowest BCUT2D eigenvalue weighted by Gasteiger charge is -2.27. The first kappa shape index (κ1) is 16.2. The van der Waals surface area contributed by atoms with E-state index in [0.717, 1.165) is 18.7 Å². The highest BCUT2D eigenvalue weighted by Gasteiger charge is 2.18. The van der Waals surface area contributed by atoms with Crippen LogP contribution in [0.2, 0.25) is 0 Å². The second-order valence-corrected chi connectivity index (χ2v) is 6.09. The van der Waals surface area contributed by atoms with Gasteiger partial charge in [0, 0.05) is 37.8 Å². The molecule has 24 heavy (non-hydrogen) atoms. The summed E-state index contributed by atoms with van der Waals surface area (Å²) in [6.45, 7) is 3.71. The summed E-state index contributed by atoms with van der Waals surface area (Å²) < 4.78 is 1.66. The summed E-state index contributed by atoms with van der Waals surface area (Å²) in [6, 6.07) is 15.5. The summed E-state index contributed by atoms with van der Waals surface area (Å²) in [7, 11) is 0. The normalized spacial score (nSPS) is 14.4. The van der Waals surface area contributed by atoms with Gasteiger partial charge in [0.15, 0.2) is 0 Å². The maximum absolute atomic E-state index is 12.4. The Morgan fingerprint density at radius 3 is 2.54 bits per heavy atom. The monoisotopic (exact) mass is 322 g/mol. The standard InChI is InChI=1S/C20H22N2O2/c1-16-6-5-9-20(24)22(16)15-12-19(23)21-13-10-18(11-14-21)17-7-3-2-4-8-17/h2-10H,11-15H2,1H3. The van der Waals surface area contributed by atoms with Crippen molar-refractivity contribution in [3.05, 3.63) is 76.2 Å². The minimum Gasteiger partial charge on any atom is -0.339 e. The third kappa shape index (κ3) is 3.65. The summed E-state index contributed by atoms with van der Waals surface area (Å²) in [5, 5.41) is 0. The van der Waals surface area contributed by atoms with Gasteiger partial charge >= 0.3 is 0 Å². The molecule has 0 bridgehead atoms. The van der Waals surface area contributed by atoms with E-state index < -0.39 is 0 Å². The van der Waals surface area contributed by atoms with E-state index in [1.54, 1.807) is 10.6 Å². The van der Waals surface area contributed by atoms with Crippen LogP contribution in [0.25, 0.3) is 5.57 Å². The fourth-order valence-corrected chi connectivity index (χ4v) is 3.09. The summed E-state index contributed by atoms with van der Waals surface area (Å²) in [6.07, 6.45) is 3.37. The molecule has 0 saturated carbocycles. The van der Waals surface area contributed by atoms with E-state index in [9.17, 15) is 9.59 Å². The molecule has 0 fully saturated rings. The molecule has 1 aliphatic heterocycles. The molecule has 1 aromatic heterocycles. The Kier molecular flexibility index (Phi) is 4.94. The molecule has 0 N–H and O–H groups in total. The van der Waals surface area contributed by atoms with Crippen molar-refractivity contribution < 1.29 is 4.79 Å². The lowest BCUT2D eigenvalue weighted by molar-refractivity contribution is -0.131. The predicted octanol–water partition coefficient (Wildman–Crippen LogP) is 2.86. The molecule has 1 aromatic carbocycles. The lowest BCUT2D eigenvalue weighted by atomic mass is 9.99. The molecule has 2 aromatic rings. The summed E-state index contributed by atoms with van der Waals surface area (Å²) in [5.41, 5.74) is 3.37. The number of hydrogen-bond donors (Lipinski definition) is 0. The number of hydrogen-bond acceptors (Lipinski definition) is 2. The minimum atomic E-state index is -0.0484. The quantitative estimate of drug-likeness (QED) is 0.868. The zero-order valence-electron chi connectivity index (χ0n) is 13.9. The Morgan fingerprint density at radius 2 is 1.88 bits per heavy atom. The van der Waals surface area contributed by atoms with Gasteiger partial charge in [-0.1, -0.05) is 42.5 Å². The maximum Gasteiger partial charge on any atom is 0.250 e. The van der Waals surface area contributed by atoms with E-state index in [2.05, 4.69) is 18.2 Å². The van der Waals surface area contributed by atoms with Crippen LogP contribution in [-0.2, 0) is 11.3 Å². The zero-order valence-corrected chi connectivity index (χ0v) is 13.9. The first-order valence-electron chi connectivity index (χ1n) is 8.34. The van der Waals surface area contributed by atoms with Crippen LogP contribution in [0.5, 0.6) is 0 Å². The van der Waals surface area contributed by atoms with E-state index in [1.807, 2.05) is 36.1 Å². The highest BCUT2D eigenvalue weighted by atomic mass is 16.2. The zero-order chi connectivity index (χ0) is 16.9. The van der Waals surface area contributed by atoms with Crippen molar-refractivity contribution in [3.63, 3.8) is 0 Å². The third-order valence-corrected chi connectivity index (χ3v) is 4.52. The van der Waals surface area contributed by atoms with Gasteiger partial charge in [0.1, 0.15) is 0 Å². The van der Waals surface area contributed by atoms with Gasteiger partial charge in [-0.05, 0) is 30.5 Å². The summed E-state index contributed by atoms with van der Waals surface area (Å²) in [4.78, 5) is 26.1. The Bertz CT molecular complexity index is 806. The molecular weight excluding hydrogens is 300 g/mol. The average molecular weight is 322 g/mol. The second-order valence-electron chi connectivity index (χ2n) is 6.09. The van der Waals surface area contributed by atoms with E-state index in [-0.39, 0.29) is 11.5 Å². The Hall–Kier alpha value is -2.62. The Labute approximate surface area is 142 Å². The first-order valence-corrected chi connectivity index (χ1v) is 8.34. The van der Waals surface area contributed by atoms with Crippen LogP contribution in [-0.4, -0.2) is 28.5 Å². The number of pyridine rings is 1. The molecule has 0 radical (unpaired) electrons. The van der Waals surface area contributed by atoms with Crippen LogP contribution in [0.1, 0.15) is 24.1 Å². The Balaban J connectivity index is 1.59. The Morgan fingerprint density at radius 1 is 1.08 bits per heavy atom. The molecular formula is C20H22N2O2. The molecule has 1 amide bonds. The van der Waals surface area contributed by atoms with Crippen molar-refractivity contribution in [2.45, 2.75) is 26.3 Å². The third-order valence-electron chi connectivity index (χ3n) is 4.52. The molecule has 0 aliphatic carbocycles. The number of carbonyl (C=O) groups excluding carboxylic acids is 1. The number of amides is 1. The fraction of sp³-hybridized carbons (Fsp3) is 0.300. The van der Waals surface area contributed by atoms with Gasteiger partial charge in [0.2, 0.25) is 5.91 Å². The summed E-state index contributed by atoms with van der Waals surface area (Å²) in [5.74, 6) is 0.105. The lowest BCUT2D eigenvalue weighted by Crippen LogP contribution is -2.36. The first-order chi connectivity index (χ1) is 11.6. The van der Waals surface area contributed by atoms with Gasteiger partial charge in [0.05, 0.1) is 0 Å². The van der Waals surface area contributed by atoms with E-state index in [4.69, 9.17) is 0 Å². The number of nitrogens with zero attached hydrogens (tertiary/aromatic N) is 2. The second kappa shape index (κ2) is 7.30. The SMILES string of the molecule is Cc1cccc(=O)n1CCC(=O)N1CC=C(c2ccccc2)CC1. The summed E-state index contributed by atoms with van der Waals surface area (Å²) >= 11 is 0.